The van der Waals surface area contributed by atoms with Crippen LogP contribution < -0.4 is 44.1 Å². The van der Waals surface area contributed by atoms with Gasteiger partial charge in [0.2, 0.25) is 0 Å². The Morgan fingerprint density at radius 2 is 0.595 bits per heavy atom. The monoisotopic (exact) mass is 1170 g/mol. The predicted molar refractivity (Wildman–Crippen MR) is 333 cm³/mol. The summed E-state index contributed by atoms with van der Waals surface area (Å²) < 4.78 is 41.9. The van der Waals surface area contributed by atoms with Crippen LogP contribution >= 0.6 is 0 Å². The number of fused-ring (bicyclic) bond motifs is 23. The first-order chi connectivity index (χ1) is 40.9. The van der Waals surface area contributed by atoms with Gasteiger partial charge in [0, 0.05) is 71.4 Å². The van der Waals surface area contributed by atoms with Crippen LogP contribution in [0.4, 0.5) is 5.69 Å². The summed E-state index contributed by atoms with van der Waals surface area (Å²) in [6, 6.07) is 30.2. The minimum Gasteiger partial charge on any atom is -0.492 e. The van der Waals surface area contributed by atoms with Gasteiger partial charge in [0.15, 0.2) is 0 Å². The second-order valence-corrected chi connectivity index (χ2v) is 21.4. The Labute approximate surface area is 502 Å². The molecule has 0 fully saturated rings. The van der Waals surface area contributed by atoms with Crippen molar-refractivity contribution in [3.05, 3.63) is 91.0 Å². The first kappa shape index (κ1) is 57.7. The molecule has 16 heteroatoms. The van der Waals surface area contributed by atoms with E-state index < -0.39 is 0 Å². The molecule has 2 aliphatic rings. The van der Waals surface area contributed by atoms with Gasteiger partial charge in [-0.1, -0.05) is 159 Å². The van der Waals surface area contributed by atoms with Gasteiger partial charge in [0.05, 0.1) is 85.2 Å². The number of rotatable bonds is 24. The van der Waals surface area contributed by atoms with Crippen LogP contribution in [0.5, 0.6) is 34.5 Å². The van der Waals surface area contributed by atoms with Gasteiger partial charge >= 0.3 is 19.5 Å². The summed E-state index contributed by atoms with van der Waals surface area (Å²) in [5.74, 6) is 5.02. The molecule has 0 radical (unpaired) electrons. The summed E-state index contributed by atoms with van der Waals surface area (Å²) in [7, 11) is 0. The number of nitrogens with two attached hydrogens (primary N) is 1. The Morgan fingerprint density at radius 3 is 0.917 bits per heavy atom. The molecule has 0 saturated carbocycles. The molecule has 0 atom stereocenters. The van der Waals surface area contributed by atoms with Gasteiger partial charge in [0.1, 0.15) is 34.5 Å². The maximum atomic E-state index is 7.03. The molecule has 15 nitrogen and oxygen atoms in total. The molecule has 0 unspecified atom stereocenters. The van der Waals surface area contributed by atoms with Gasteiger partial charge in [-0.05, 0) is 61.4 Å². The third-order valence-corrected chi connectivity index (χ3v) is 15.4. The minimum atomic E-state index is 0. The van der Waals surface area contributed by atoms with E-state index in [0.29, 0.717) is 170 Å². The molecule has 12 rings (SSSR count). The molecule has 7 aromatic carbocycles. The van der Waals surface area contributed by atoms with Crippen molar-refractivity contribution in [2.75, 3.05) is 45.4 Å². The summed E-state index contributed by atoms with van der Waals surface area (Å²) in [5.41, 5.74) is 11.1. The van der Waals surface area contributed by atoms with Gasteiger partial charge in [-0.25, -0.2) is 9.97 Å². The van der Waals surface area contributed by atoms with Gasteiger partial charge in [-0.3, -0.25) is 0 Å². The number of benzene rings is 7. The van der Waals surface area contributed by atoms with Crippen LogP contribution in [0.1, 0.15) is 119 Å². The molecule has 5 heterocycles. The fourth-order valence-electron chi connectivity index (χ4n) is 11.1. The van der Waals surface area contributed by atoms with Crippen LogP contribution in [-0.4, -0.2) is 69.5 Å². The molecule has 0 saturated heterocycles. The molecule has 0 spiro atoms. The number of nitrogens with zero attached hydrogens (tertiary/aromatic N) is 8. The molecule has 3 aromatic heterocycles. The van der Waals surface area contributed by atoms with Crippen LogP contribution in [0, 0.1) is 0 Å². The van der Waals surface area contributed by atoms with Crippen molar-refractivity contribution in [1.29, 1.82) is 0 Å². The smallest absolute Gasteiger partial charge is 0.492 e. The van der Waals surface area contributed by atoms with Crippen LogP contribution in [0.15, 0.2) is 91.0 Å². The van der Waals surface area contributed by atoms with Crippen LogP contribution in [0.2, 0.25) is 0 Å². The van der Waals surface area contributed by atoms with E-state index in [1.54, 1.807) is 0 Å². The van der Waals surface area contributed by atoms with Crippen molar-refractivity contribution < 1.29 is 47.9 Å². The maximum Gasteiger partial charge on any atom is 2.00 e. The Morgan fingerprint density at radius 1 is 0.321 bits per heavy atom. The van der Waals surface area contributed by atoms with Gasteiger partial charge < -0.3 is 64.1 Å². The Bertz CT molecular complexity index is 4260. The van der Waals surface area contributed by atoms with Crippen molar-refractivity contribution in [3.63, 3.8) is 0 Å². The van der Waals surface area contributed by atoms with E-state index in [-0.39, 0.29) is 19.5 Å². The topological polar surface area (TPSA) is 187 Å². The van der Waals surface area contributed by atoms with Gasteiger partial charge in [-0.2, -0.15) is 0 Å². The summed E-state index contributed by atoms with van der Waals surface area (Å²) in [6.45, 7) is 15.7. The average Bonchev–Trinajstić information content (AvgIpc) is 1.67. The van der Waals surface area contributed by atoms with E-state index in [4.69, 9.17) is 74.0 Å². The average molecular weight is 1180 g/mol. The molecular formula is C68H71N9O6Zn. The fourth-order valence-corrected chi connectivity index (χ4v) is 11.1. The number of ether oxygens (including phenoxy) is 6. The van der Waals surface area contributed by atoms with Crippen molar-refractivity contribution in [3.8, 4) is 80.0 Å². The van der Waals surface area contributed by atoms with Crippen molar-refractivity contribution >= 4 is 82.1 Å². The molecule has 0 aliphatic carbocycles. The van der Waals surface area contributed by atoms with E-state index in [1.165, 1.54) is 0 Å². The molecule has 8 bridgehead atoms. The Kier molecular flexibility index (Phi) is 17.7. The minimum absolute atomic E-state index is 0. The summed E-state index contributed by atoms with van der Waals surface area (Å²) in [6.07, 6.45) is 10.5. The number of unbranched alkanes of at least 4 members (excludes halogenated alkanes) is 6. The van der Waals surface area contributed by atoms with E-state index in [0.717, 1.165) is 109 Å². The number of nitrogen functional groups attached to an aromatic ring is 1. The summed E-state index contributed by atoms with van der Waals surface area (Å²) in [5, 5.41) is 7.80. The maximum absolute atomic E-state index is 7.03. The van der Waals surface area contributed by atoms with Crippen LogP contribution in [-0.2, 0) is 19.5 Å². The first-order valence-electron chi connectivity index (χ1n) is 30.0. The molecule has 84 heavy (non-hydrogen) atoms. The van der Waals surface area contributed by atoms with E-state index >= 15 is 0 Å². The standard InChI is InChI=1S/C68H71N9O6.Zn/c1-7-13-33-78-55-41-25-19-21-27-43(41)57(80-35-15-9-3)51-49(55)63-71-61-47-32-31-40(69)39-48(47)62(70-61)72-64-50-52(58(81-36-16-10-4)44-28-22-20-26-42(44)56(50)79-34-14-8-2)66(74-64)76-68-54-53(67(77-68)75-65(51)73-63)59(82-37-17-11-5)45-29-23-24-30-46(45)60(54)83-38-18-12-6;/h19-32,39H,7-18,33-38,69H2,1-6H3;/q-2;+2. The second kappa shape index (κ2) is 25.8. The first-order valence-corrected chi connectivity index (χ1v) is 30.0. The molecule has 0 amide bonds. The SMILES string of the molecule is CCCCOc1c2c(c(OCCCC)c3ccccc13)-c1nc-2nc2[n-]c(nc3nc(nc4[n-]c(n1)c1c(OCCCC)c5ccccc5c(OCCCC)c41)-c1c-3c(OCCCC)c3ccccc3c1OCCCC)c1cc(N)ccc21.[Zn+2]. The van der Waals surface area contributed by atoms with E-state index in [2.05, 4.69) is 77.9 Å². The molecule has 426 valence electrons. The molecule has 10 aromatic rings. The molecular weight excluding hydrogens is 1100 g/mol. The van der Waals surface area contributed by atoms with Crippen molar-refractivity contribution in [2.24, 2.45) is 0 Å². The van der Waals surface area contributed by atoms with Crippen LogP contribution in [0.25, 0.3) is 122 Å². The predicted octanol–water partition coefficient (Wildman–Crippen LogP) is 16.2. The Balaban J connectivity index is 0.00000736. The van der Waals surface area contributed by atoms with Crippen molar-refractivity contribution in [2.45, 2.75) is 119 Å². The normalized spacial score (nSPS) is 11.8. The zero-order valence-corrected chi connectivity index (χ0v) is 52.2. The summed E-state index contributed by atoms with van der Waals surface area (Å²) in [4.78, 5) is 44.1. The summed E-state index contributed by atoms with van der Waals surface area (Å²) >= 11 is 0. The van der Waals surface area contributed by atoms with E-state index in [1.807, 2.05) is 54.6 Å². The Hall–Kier alpha value is -8.10. The zero-order chi connectivity index (χ0) is 57.0. The molecule has 2 aliphatic heterocycles. The van der Waals surface area contributed by atoms with E-state index in [9.17, 15) is 0 Å². The quantitative estimate of drug-likeness (QED) is 0.0342. The van der Waals surface area contributed by atoms with Gasteiger partial charge in [0.25, 0.3) is 0 Å². The van der Waals surface area contributed by atoms with Gasteiger partial charge in [-0.15, -0.1) is 0 Å². The largest absolute Gasteiger partial charge is 2.00 e. The fraction of sp³-hybridized carbons (Fsp3) is 0.353. The number of anilines is 1. The zero-order valence-electron chi connectivity index (χ0n) is 49.2. The third-order valence-electron chi connectivity index (χ3n) is 15.4. The van der Waals surface area contributed by atoms with Crippen LogP contribution in [0.3, 0.4) is 0 Å². The number of hydrogen-bond acceptors (Lipinski definition) is 13. The third kappa shape index (κ3) is 10.7. The number of hydrogen-bond donors (Lipinski definition) is 1. The second-order valence-electron chi connectivity index (χ2n) is 21.4. The molecule has 2 N–H and O–H groups in total. The number of aromatic nitrogens is 8. The van der Waals surface area contributed by atoms with Crippen molar-refractivity contribution in [1.82, 2.24) is 39.9 Å².